The molecule has 1 heterocycles. The van der Waals surface area contributed by atoms with Crippen LogP contribution in [0.4, 0.5) is 0 Å². The number of esters is 1. The van der Waals surface area contributed by atoms with Gasteiger partial charge < -0.3 is 15.0 Å². The second-order valence-corrected chi connectivity index (χ2v) is 3.15. The Labute approximate surface area is 95.6 Å². The van der Waals surface area contributed by atoms with Gasteiger partial charge in [0.25, 0.3) is 0 Å². The number of rotatable bonds is 3. The molecule has 5 nitrogen and oxygen atoms in total. The second kappa shape index (κ2) is 7.48. The van der Waals surface area contributed by atoms with Crippen molar-refractivity contribution in [3.05, 3.63) is 0 Å². The molecule has 1 saturated heterocycles. The van der Waals surface area contributed by atoms with Gasteiger partial charge in [0.15, 0.2) is 0 Å². The van der Waals surface area contributed by atoms with Crippen LogP contribution in [-0.2, 0) is 14.3 Å². The van der Waals surface area contributed by atoms with E-state index >= 15 is 0 Å². The van der Waals surface area contributed by atoms with Gasteiger partial charge in [-0.3, -0.25) is 9.59 Å². The summed E-state index contributed by atoms with van der Waals surface area (Å²) in [6, 6.07) is 0. The first kappa shape index (κ1) is 14.2. The van der Waals surface area contributed by atoms with Crippen LogP contribution in [0, 0.1) is 0 Å². The number of carbonyl (C=O) groups is 2. The molecule has 6 heteroatoms. The minimum atomic E-state index is -0.331. The van der Waals surface area contributed by atoms with Crippen LogP contribution in [0.1, 0.15) is 13.3 Å². The highest BCUT2D eigenvalue weighted by Crippen LogP contribution is 1.97. The zero-order valence-corrected chi connectivity index (χ0v) is 9.64. The summed E-state index contributed by atoms with van der Waals surface area (Å²) in [5.41, 5.74) is 0. The number of carbonyl (C=O) groups excluding carboxylic acids is 2. The van der Waals surface area contributed by atoms with Crippen molar-refractivity contribution in [1.82, 2.24) is 10.2 Å². The van der Waals surface area contributed by atoms with Gasteiger partial charge in [-0.2, -0.15) is 0 Å². The van der Waals surface area contributed by atoms with Crippen LogP contribution in [0.25, 0.3) is 0 Å². The standard InChI is InChI=1S/C9H16N2O3.ClH/c1-2-14-9(13)7-11-5-3-4-10-6-8(11)12;/h10H,2-7H2,1H3;1H. The Bertz CT molecular complexity index is 223. The molecule has 1 aliphatic heterocycles. The fourth-order valence-corrected chi connectivity index (χ4v) is 1.36. The zero-order valence-electron chi connectivity index (χ0n) is 8.82. The van der Waals surface area contributed by atoms with E-state index in [0.29, 0.717) is 19.7 Å². The van der Waals surface area contributed by atoms with E-state index < -0.39 is 0 Å². The highest BCUT2D eigenvalue weighted by Gasteiger charge is 2.19. The minimum Gasteiger partial charge on any atom is -0.465 e. The number of halogens is 1. The van der Waals surface area contributed by atoms with E-state index in [2.05, 4.69) is 5.32 Å². The molecule has 1 fully saturated rings. The smallest absolute Gasteiger partial charge is 0.325 e. The number of nitrogens with zero attached hydrogens (tertiary/aromatic N) is 1. The molecule has 0 aromatic heterocycles. The number of amides is 1. The van der Waals surface area contributed by atoms with Gasteiger partial charge in [-0.1, -0.05) is 0 Å². The molecule has 0 aromatic rings. The summed E-state index contributed by atoms with van der Waals surface area (Å²) in [5.74, 6) is -0.363. The molecule has 88 valence electrons. The molecule has 0 spiro atoms. The van der Waals surface area contributed by atoms with E-state index in [1.807, 2.05) is 0 Å². The fourth-order valence-electron chi connectivity index (χ4n) is 1.36. The van der Waals surface area contributed by atoms with Gasteiger partial charge in [0.1, 0.15) is 6.54 Å². The summed E-state index contributed by atoms with van der Waals surface area (Å²) in [4.78, 5) is 24.1. The largest absolute Gasteiger partial charge is 0.465 e. The van der Waals surface area contributed by atoms with Gasteiger partial charge in [0, 0.05) is 6.54 Å². The maximum absolute atomic E-state index is 11.4. The Morgan fingerprint density at radius 1 is 1.60 bits per heavy atom. The van der Waals surface area contributed by atoms with Crippen molar-refractivity contribution in [3.63, 3.8) is 0 Å². The van der Waals surface area contributed by atoms with Gasteiger partial charge in [0.05, 0.1) is 13.2 Å². The Hall–Kier alpha value is -0.810. The molecule has 1 N–H and O–H groups in total. The molecule has 15 heavy (non-hydrogen) atoms. The van der Waals surface area contributed by atoms with Crippen molar-refractivity contribution in [2.45, 2.75) is 13.3 Å². The average Bonchev–Trinajstić information content (AvgIpc) is 2.33. The van der Waals surface area contributed by atoms with Crippen LogP contribution in [0.2, 0.25) is 0 Å². The van der Waals surface area contributed by atoms with Crippen LogP contribution >= 0.6 is 12.4 Å². The lowest BCUT2D eigenvalue weighted by Gasteiger charge is -2.18. The number of ether oxygens (including phenoxy) is 1. The third-order valence-electron chi connectivity index (χ3n) is 2.04. The van der Waals surface area contributed by atoms with Crippen molar-refractivity contribution in [2.75, 3.05) is 32.8 Å². The lowest BCUT2D eigenvalue weighted by atomic mass is 10.4. The van der Waals surface area contributed by atoms with Crippen LogP contribution in [0.5, 0.6) is 0 Å². The van der Waals surface area contributed by atoms with Crippen molar-refractivity contribution in [2.24, 2.45) is 0 Å². The monoisotopic (exact) mass is 236 g/mol. The molecular formula is C9H17ClN2O3. The van der Waals surface area contributed by atoms with Gasteiger partial charge in [-0.25, -0.2) is 0 Å². The Morgan fingerprint density at radius 2 is 2.33 bits per heavy atom. The Kier molecular flexibility index (Phi) is 7.07. The van der Waals surface area contributed by atoms with Crippen molar-refractivity contribution in [3.8, 4) is 0 Å². The van der Waals surface area contributed by atoms with Crippen molar-refractivity contribution < 1.29 is 14.3 Å². The molecule has 1 aliphatic rings. The van der Waals surface area contributed by atoms with E-state index in [1.54, 1.807) is 6.92 Å². The summed E-state index contributed by atoms with van der Waals surface area (Å²) in [7, 11) is 0. The van der Waals surface area contributed by atoms with Crippen LogP contribution in [-0.4, -0.2) is 49.6 Å². The third kappa shape index (κ3) is 4.99. The van der Waals surface area contributed by atoms with Gasteiger partial charge in [-0.15, -0.1) is 12.4 Å². The number of nitrogens with one attached hydrogen (secondary N) is 1. The van der Waals surface area contributed by atoms with Gasteiger partial charge in [-0.05, 0) is 19.9 Å². The van der Waals surface area contributed by atoms with E-state index in [9.17, 15) is 9.59 Å². The number of hydrogen-bond donors (Lipinski definition) is 1. The topological polar surface area (TPSA) is 58.6 Å². The first-order valence-electron chi connectivity index (χ1n) is 4.88. The first-order chi connectivity index (χ1) is 6.74. The first-order valence-corrected chi connectivity index (χ1v) is 4.88. The summed E-state index contributed by atoms with van der Waals surface area (Å²) in [6.07, 6.45) is 0.880. The van der Waals surface area contributed by atoms with Gasteiger partial charge in [0.2, 0.25) is 5.91 Å². The Balaban J connectivity index is 0.00000196. The second-order valence-electron chi connectivity index (χ2n) is 3.15. The molecule has 0 radical (unpaired) electrons. The average molecular weight is 237 g/mol. The predicted octanol–water partition coefficient (Wildman–Crippen LogP) is -0.207. The zero-order chi connectivity index (χ0) is 10.4. The van der Waals surface area contributed by atoms with E-state index in [4.69, 9.17) is 4.74 Å². The van der Waals surface area contributed by atoms with E-state index in [-0.39, 0.29) is 30.8 Å². The lowest BCUT2D eigenvalue weighted by molar-refractivity contribution is -0.148. The van der Waals surface area contributed by atoms with Crippen LogP contribution in [0.3, 0.4) is 0 Å². The molecule has 0 atom stereocenters. The van der Waals surface area contributed by atoms with E-state index in [1.165, 1.54) is 4.90 Å². The molecule has 0 saturated carbocycles. The summed E-state index contributed by atoms with van der Waals surface area (Å²) in [5, 5.41) is 2.99. The summed E-state index contributed by atoms with van der Waals surface area (Å²) >= 11 is 0. The molecule has 0 unspecified atom stereocenters. The molecule has 1 rings (SSSR count). The number of hydrogen-bond acceptors (Lipinski definition) is 4. The molecule has 1 amide bonds. The summed E-state index contributed by atoms with van der Waals surface area (Å²) in [6.45, 7) is 3.96. The predicted molar refractivity (Wildman–Crippen MR) is 57.9 cm³/mol. The van der Waals surface area contributed by atoms with Crippen LogP contribution < -0.4 is 5.32 Å². The molecule has 0 bridgehead atoms. The quantitative estimate of drug-likeness (QED) is 0.690. The third-order valence-corrected chi connectivity index (χ3v) is 2.04. The minimum absolute atomic E-state index is 0. The fraction of sp³-hybridized carbons (Fsp3) is 0.778. The maximum atomic E-state index is 11.4. The summed E-state index contributed by atoms with van der Waals surface area (Å²) < 4.78 is 4.78. The van der Waals surface area contributed by atoms with Crippen molar-refractivity contribution in [1.29, 1.82) is 0 Å². The Morgan fingerprint density at radius 3 is 3.00 bits per heavy atom. The maximum Gasteiger partial charge on any atom is 0.325 e. The molecular weight excluding hydrogens is 220 g/mol. The van der Waals surface area contributed by atoms with Crippen LogP contribution in [0.15, 0.2) is 0 Å². The van der Waals surface area contributed by atoms with E-state index in [0.717, 1.165) is 13.0 Å². The van der Waals surface area contributed by atoms with Crippen molar-refractivity contribution >= 4 is 24.3 Å². The van der Waals surface area contributed by atoms with Gasteiger partial charge >= 0.3 is 5.97 Å². The SMILES string of the molecule is CCOC(=O)CN1CCCNCC1=O.Cl. The lowest BCUT2D eigenvalue weighted by Crippen LogP contribution is -2.39. The highest BCUT2D eigenvalue weighted by atomic mass is 35.5. The highest BCUT2D eigenvalue weighted by molar-refractivity contribution is 5.85. The molecule has 0 aromatic carbocycles. The normalized spacial score (nSPS) is 16.6. The molecule has 0 aliphatic carbocycles.